The van der Waals surface area contributed by atoms with Crippen LogP contribution >= 0.6 is 24.0 Å². The van der Waals surface area contributed by atoms with Gasteiger partial charge in [0.15, 0.2) is 5.96 Å². The first-order valence-corrected chi connectivity index (χ1v) is 10.3. The van der Waals surface area contributed by atoms with Crippen molar-refractivity contribution in [2.45, 2.75) is 38.4 Å². The first kappa shape index (κ1) is 22.4. The van der Waals surface area contributed by atoms with Crippen LogP contribution in [0.5, 0.6) is 5.75 Å². The molecule has 2 aromatic carbocycles. The van der Waals surface area contributed by atoms with E-state index in [1.807, 2.05) is 35.2 Å². The summed E-state index contributed by atoms with van der Waals surface area (Å²) >= 11 is 0. The molecule has 0 saturated heterocycles. The van der Waals surface area contributed by atoms with E-state index < -0.39 is 0 Å². The number of aliphatic imine (C=N–C) groups is 1. The van der Waals surface area contributed by atoms with E-state index in [-0.39, 0.29) is 35.9 Å². The third-order valence-electron chi connectivity index (χ3n) is 5.55. The van der Waals surface area contributed by atoms with E-state index in [1.54, 1.807) is 7.05 Å². The van der Waals surface area contributed by atoms with E-state index in [0.29, 0.717) is 19.6 Å². The summed E-state index contributed by atoms with van der Waals surface area (Å²) in [5.41, 5.74) is 3.69. The summed E-state index contributed by atoms with van der Waals surface area (Å²) in [4.78, 5) is 18.8. The molecule has 0 fully saturated rings. The van der Waals surface area contributed by atoms with Crippen molar-refractivity contribution >= 4 is 35.8 Å². The van der Waals surface area contributed by atoms with Gasteiger partial charge in [-0.1, -0.05) is 42.5 Å². The smallest absolute Gasteiger partial charge is 0.223 e. The lowest BCUT2D eigenvalue weighted by Gasteiger charge is -2.28. The molecule has 1 unspecified atom stereocenters. The number of fused-ring (bicyclic) bond motifs is 2. The number of nitrogens with one attached hydrogen (secondary N) is 2. The number of carbonyl (C=O) groups excluding carboxylic acids is 1. The van der Waals surface area contributed by atoms with Gasteiger partial charge in [-0.2, -0.15) is 0 Å². The molecule has 2 aromatic rings. The average Bonchev–Trinajstić information content (AvgIpc) is 3.20. The van der Waals surface area contributed by atoms with Crippen LogP contribution in [0.3, 0.4) is 0 Å². The number of hydrogen-bond donors (Lipinski definition) is 2. The monoisotopic (exact) mass is 520 g/mol. The molecule has 30 heavy (non-hydrogen) atoms. The van der Waals surface area contributed by atoms with Crippen LogP contribution in [0.15, 0.2) is 53.5 Å². The Morgan fingerprint density at radius 2 is 1.83 bits per heavy atom. The number of benzene rings is 2. The number of guanidine groups is 1. The zero-order valence-corrected chi connectivity index (χ0v) is 19.6. The Hall–Kier alpha value is -2.29. The quantitative estimate of drug-likeness (QED) is 0.274. The molecule has 6 nitrogen and oxygen atoms in total. The van der Waals surface area contributed by atoms with E-state index in [1.165, 1.54) is 11.1 Å². The topological polar surface area (TPSA) is 66.0 Å². The SMILES string of the molecule is CN=C(NCCCC(=O)N1Cc2ccccc2C1)NC1CCOc2ccccc21.I. The van der Waals surface area contributed by atoms with Crippen LogP contribution in [0.4, 0.5) is 0 Å². The summed E-state index contributed by atoms with van der Waals surface area (Å²) in [5, 5.41) is 6.82. The van der Waals surface area contributed by atoms with Gasteiger partial charge >= 0.3 is 0 Å². The molecule has 0 radical (unpaired) electrons. The fourth-order valence-corrected chi connectivity index (χ4v) is 3.97. The normalized spacial score (nSPS) is 17.3. The second kappa shape index (κ2) is 10.7. The molecular weight excluding hydrogens is 491 g/mol. The average molecular weight is 520 g/mol. The first-order chi connectivity index (χ1) is 14.2. The second-order valence-corrected chi connectivity index (χ2v) is 7.49. The summed E-state index contributed by atoms with van der Waals surface area (Å²) in [6.07, 6.45) is 2.21. The Kier molecular flexibility index (Phi) is 7.95. The summed E-state index contributed by atoms with van der Waals surface area (Å²) < 4.78 is 5.72. The number of ether oxygens (including phenoxy) is 1. The molecule has 0 aromatic heterocycles. The molecule has 2 aliphatic heterocycles. The Morgan fingerprint density at radius 1 is 1.13 bits per heavy atom. The minimum atomic E-state index is 0. The van der Waals surface area contributed by atoms with Crippen molar-refractivity contribution in [2.24, 2.45) is 4.99 Å². The lowest BCUT2D eigenvalue weighted by atomic mass is 10.0. The van der Waals surface area contributed by atoms with Crippen LogP contribution in [-0.2, 0) is 17.9 Å². The van der Waals surface area contributed by atoms with Crippen molar-refractivity contribution in [2.75, 3.05) is 20.2 Å². The third kappa shape index (κ3) is 5.24. The maximum atomic E-state index is 12.5. The molecule has 2 heterocycles. The molecular formula is C23H29IN4O2. The van der Waals surface area contributed by atoms with Gasteiger partial charge in [0, 0.05) is 45.1 Å². The van der Waals surface area contributed by atoms with Crippen molar-refractivity contribution in [3.63, 3.8) is 0 Å². The molecule has 0 saturated carbocycles. The van der Waals surface area contributed by atoms with E-state index in [0.717, 1.165) is 43.2 Å². The fourth-order valence-electron chi connectivity index (χ4n) is 3.97. The van der Waals surface area contributed by atoms with Crippen molar-refractivity contribution < 1.29 is 9.53 Å². The molecule has 7 heteroatoms. The van der Waals surface area contributed by atoms with Crippen molar-refractivity contribution in [1.29, 1.82) is 0 Å². The van der Waals surface area contributed by atoms with Crippen molar-refractivity contribution in [1.82, 2.24) is 15.5 Å². The predicted molar refractivity (Wildman–Crippen MR) is 129 cm³/mol. The van der Waals surface area contributed by atoms with E-state index in [4.69, 9.17) is 4.74 Å². The lowest BCUT2D eigenvalue weighted by Crippen LogP contribution is -2.41. The zero-order chi connectivity index (χ0) is 20.1. The molecule has 4 rings (SSSR count). The van der Waals surface area contributed by atoms with Crippen LogP contribution in [0.25, 0.3) is 0 Å². The van der Waals surface area contributed by atoms with Gasteiger partial charge in [0.1, 0.15) is 5.75 Å². The van der Waals surface area contributed by atoms with E-state index in [9.17, 15) is 4.79 Å². The highest BCUT2D eigenvalue weighted by molar-refractivity contribution is 14.0. The van der Waals surface area contributed by atoms with Gasteiger partial charge < -0.3 is 20.3 Å². The summed E-state index contributed by atoms with van der Waals surface area (Å²) in [6.45, 7) is 2.86. The van der Waals surface area contributed by atoms with Gasteiger partial charge in [-0.3, -0.25) is 9.79 Å². The van der Waals surface area contributed by atoms with Crippen LogP contribution < -0.4 is 15.4 Å². The predicted octanol–water partition coefficient (Wildman–Crippen LogP) is 3.62. The van der Waals surface area contributed by atoms with E-state index in [2.05, 4.69) is 33.8 Å². The number of para-hydroxylation sites is 1. The van der Waals surface area contributed by atoms with Gasteiger partial charge in [-0.25, -0.2) is 0 Å². The Labute approximate surface area is 195 Å². The Bertz CT molecular complexity index is 877. The van der Waals surface area contributed by atoms with Crippen molar-refractivity contribution in [3.8, 4) is 5.75 Å². The molecule has 2 N–H and O–H groups in total. The highest BCUT2D eigenvalue weighted by atomic mass is 127. The molecule has 1 atom stereocenters. The number of nitrogens with zero attached hydrogens (tertiary/aromatic N) is 2. The number of hydrogen-bond acceptors (Lipinski definition) is 3. The van der Waals surface area contributed by atoms with Gasteiger partial charge in [-0.05, 0) is 23.6 Å². The first-order valence-electron chi connectivity index (χ1n) is 10.3. The molecule has 0 spiro atoms. The molecule has 160 valence electrons. The van der Waals surface area contributed by atoms with Crippen LogP contribution in [0, 0.1) is 0 Å². The third-order valence-corrected chi connectivity index (χ3v) is 5.55. The van der Waals surface area contributed by atoms with Gasteiger partial charge in [0.05, 0.1) is 12.6 Å². The molecule has 0 aliphatic carbocycles. The molecule has 2 aliphatic rings. The van der Waals surface area contributed by atoms with Crippen LogP contribution in [-0.4, -0.2) is 37.0 Å². The molecule has 1 amide bonds. The standard InChI is InChI=1S/C23H28N4O2.HI/c1-24-23(26-20-12-14-29-21-10-5-4-9-19(20)21)25-13-6-11-22(28)27-15-17-7-2-3-8-18(17)16-27;/h2-5,7-10,20H,6,11-16H2,1H3,(H2,24,25,26);1H. The number of amides is 1. The highest BCUT2D eigenvalue weighted by Crippen LogP contribution is 2.31. The van der Waals surface area contributed by atoms with E-state index >= 15 is 0 Å². The minimum absolute atomic E-state index is 0. The Morgan fingerprint density at radius 3 is 2.57 bits per heavy atom. The summed E-state index contributed by atoms with van der Waals surface area (Å²) in [6, 6.07) is 16.6. The van der Waals surface area contributed by atoms with Crippen molar-refractivity contribution in [3.05, 3.63) is 65.2 Å². The second-order valence-electron chi connectivity index (χ2n) is 7.49. The Balaban J connectivity index is 0.00000256. The fraction of sp³-hybridized carbons (Fsp3) is 0.391. The van der Waals surface area contributed by atoms with Gasteiger partial charge in [0.25, 0.3) is 0 Å². The summed E-state index contributed by atoms with van der Waals surface area (Å²) in [7, 11) is 1.77. The minimum Gasteiger partial charge on any atom is -0.493 e. The van der Waals surface area contributed by atoms with Crippen LogP contribution in [0.2, 0.25) is 0 Å². The zero-order valence-electron chi connectivity index (χ0n) is 17.3. The van der Waals surface area contributed by atoms with Gasteiger partial charge in [0.2, 0.25) is 5.91 Å². The maximum Gasteiger partial charge on any atom is 0.223 e. The number of carbonyl (C=O) groups is 1. The lowest BCUT2D eigenvalue weighted by molar-refractivity contribution is -0.131. The molecule has 0 bridgehead atoms. The highest BCUT2D eigenvalue weighted by Gasteiger charge is 2.23. The number of halogens is 1. The number of rotatable bonds is 5. The maximum absolute atomic E-state index is 12.5. The largest absolute Gasteiger partial charge is 0.493 e. The van der Waals surface area contributed by atoms with Gasteiger partial charge in [-0.15, -0.1) is 24.0 Å². The van der Waals surface area contributed by atoms with Crippen LogP contribution in [0.1, 0.15) is 42.0 Å². The summed E-state index contributed by atoms with van der Waals surface area (Å²) in [5.74, 6) is 1.90.